The molecule has 0 radical (unpaired) electrons. The highest BCUT2D eigenvalue weighted by Gasteiger charge is 2.19. The highest BCUT2D eigenvalue weighted by atomic mass is 35.5. The van der Waals surface area contributed by atoms with Crippen molar-refractivity contribution >= 4 is 23.2 Å². The van der Waals surface area contributed by atoms with Crippen LogP contribution in [0.25, 0.3) is 0 Å². The molecule has 0 amide bonds. The minimum atomic E-state index is 0.294. The second-order valence-electron chi connectivity index (χ2n) is 4.73. The van der Waals surface area contributed by atoms with Crippen LogP contribution in [-0.4, -0.2) is 6.54 Å². The third-order valence-electron chi connectivity index (χ3n) is 3.32. The zero-order chi connectivity index (χ0) is 13.0. The molecule has 1 aliphatic rings. The van der Waals surface area contributed by atoms with Crippen LogP contribution in [0, 0.1) is 0 Å². The summed E-state index contributed by atoms with van der Waals surface area (Å²) in [6, 6.07) is 6.23. The SMILES string of the molecule is CCCNC(C1=CCCC1)c1ccc(Cl)c(Cl)c1. The van der Waals surface area contributed by atoms with Gasteiger partial charge in [-0.3, -0.25) is 0 Å². The molecule has 1 unspecified atom stereocenters. The van der Waals surface area contributed by atoms with Crippen molar-refractivity contribution in [2.24, 2.45) is 0 Å². The minimum absolute atomic E-state index is 0.294. The van der Waals surface area contributed by atoms with Gasteiger partial charge in [-0.25, -0.2) is 0 Å². The van der Waals surface area contributed by atoms with Crippen LogP contribution < -0.4 is 5.32 Å². The van der Waals surface area contributed by atoms with Crippen LogP contribution in [0.2, 0.25) is 10.0 Å². The predicted molar refractivity (Wildman–Crippen MR) is 79.4 cm³/mol. The quantitative estimate of drug-likeness (QED) is 0.738. The van der Waals surface area contributed by atoms with Crippen molar-refractivity contribution in [2.45, 2.75) is 38.6 Å². The maximum Gasteiger partial charge on any atom is 0.0595 e. The second-order valence-corrected chi connectivity index (χ2v) is 5.55. The van der Waals surface area contributed by atoms with Crippen LogP contribution >= 0.6 is 23.2 Å². The number of hydrogen-bond donors (Lipinski definition) is 1. The molecule has 1 aromatic rings. The standard InChI is InChI=1S/C15H19Cl2N/c1-2-9-18-15(11-5-3-4-6-11)12-7-8-13(16)14(17)10-12/h5,7-8,10,15,18H,2-4,6,9H2,1H3. The highest BCUT2D eigenvalue weighted by molar-refractivity contribution is 6.42. The number of benzene rings is 1. The van der Waals surface area contributed by atoms with E-state index in [0.29, 0.717) is 16.1 Å². The minimum Gasteiger partial charge on any atom is -0.307 e. The zero-order valence-corrected chi connectivity index (χ0v) is 12.2. The summed E-state index contributed by atoms with van der Waals surface area (Å²) in [5, 5.41) is 4.86. The average molecular weight is 284 g/mol. The molecule has 1 nitrogen and oxygen atoms in total. The Morgan fingerprint density at radius 2 is 2.11 bits per heavy atom. The lowest BCUT2D eigenvalue weighted by atomic mass is 9.98. The second kappa shape index (κ2) is 6.60. The van der Waals surface area contributed by atoms with Crippen molar-refractivity contribution in [2.75, 3.05) is 6.54 Å². The molecule has 0 fully saturated rings. The number of nitrogens with one attached hydrogen (secondary N) is 1. The number of hydrogen-bond acceptors (Lipinski definition) is 1. The van der Waals surface area contributed by atoms with Gasteiger partial charge in [-0.1, -0.05) is 47.8 Å². The van der Waals surface area contributed by atoms with E-state index in [2.05, 4.69) is 24.4 Å². The summed E-state index contributed by atoms with van der Waals surface area (Å²) in [7, 11) is 0. The molecule has 3 heteroatoms. The number of allylic oxidation sites excluding steroid dienone is 1. The summed E-state index contributed by atoms with van der Waals surface area (Å²) in [5.74, 6) is 0. The van der Waals surface area contributed by atoms with Gasteiger partial charge in [0.2, 0.25) is 0 Å². The molecule has 0 spiro atoms. The Kier molecular flexibility index (Phi) is 5.11. The van der Waals surface area contributed by atoms with E-state index < -0.39 is 0 Å². The molecule has 1 N–H and O–H groups in total. The third kappa shape index (κ3) is 3.28. The van der Waals surface area contributed by atoms with Crippen molar-refractivity contribution < 1.29 is 0 Å². The molecule has 0 saturated heterocycles. The number of halogens is 2. The Labute approximate surface area is 119 Å². The highest BCUT2D eigenvalue weighted by Crippen LogP contribution is 2.33. The molecule has 1 aliphatic carbocycles. The van der Waals surface area contributed by atoms with Gasteiger partial charge in [-0.15, -0.1) is 0 Å². The Balaban J connectivity index is 2.23. The zero-order valence-electron chi connectivity index (χ0n) is 10.7. The lowest BCUT2D eigenvalue weighted by Gasteiger charge is -2.21. The van der Waals surface area contributed by atoms with Gasteiger partial charge >= 0.3 is 0 Å². The topological polar surface area (TPSA) is 12.0 Å². The first-order valence-electron chi connectivity index (χ1n) is 6.59. The summed E-state index contributed by atoms with van der Waals surface area (Å²) in [6.45, 7) is 3.20. The molecular formula is C15H19Cl2N. The summed E-state index contributed by atoms with van der Waals surface area (Å²) >= 11 is 12.1. The number of rotatable bonds is 5. The van der Waals surface area contributed by atoms with Crippen LogP contribution in [0.15, 0.2) is 29.8 Å². The van der Waals surface area contributed by atoms with Gasteiger partial charge in [0.1, 0.15) is 0 Å². The van der Waals surface area contributed by atoms with Gasteiger partial charge < -0.3 is 5.32 Å². The van der Waals surface area contributed by atoms with Gasteiger partial charge in [-0.2, -0.15) is 0 Å². The molecule has 98 valence electrons. The Morgan fingerprint density at radius 3 is 2.72 bits per heavy atom. The fraction of sp³-hybridized carbons (Fsp3) is 0.467. The van der Waals surface area contributed by atoms with Crippen LogP contribution in [0.1, 0.15) is 44.2 Å². The van der Waals surface area contributed by atoms with Gasteiger partial charge in [0.25, 0.3) is 0 Å². The molecule has 1 atom stereocenters. The summed E-state index contributed by atoms with van der Waals surface area (Å²) < 4.78 is 0. The van der Waals surface area contributed by atoms with Crippen molar-refractivity contribution in [1.29, 1.82) is 0 Å². The lowest BCUT2D eigenvalue weighted by Crippen LogP contribution is -2.23. The molecule has 1 aromatic carbocycles. The van der Waals surface area contributed by atoms with Gasteiger partial charge in [0, 0.05) is 0 Å². The Morgan fingerprint density at radius 1 is 1.28 bits per heavy atom. The fourth-order valence-corrected chi connectivity index (χ4v) is 2.71. The van der Waals surface area contributed by atoms with E-state index in [4.69, 9.17) is 23.2 Å². The van der Waals surface area contributed by atoms with Crippen LogP contribution in [0.5, 0.6) is 0 Å². The normalized spacial score (nSPS) is 16.7. The monoisotopic (exact) mass is 283 g/mol. The maximum absolute atomic E-state index is 6.12. The first kappa shape index (κ1) is 13.9. The average Bonchev–Trinajstić information content (AvgIpc) is 2.88. The van der Waals surface area contributed by atoms with E-state index in [-0.39, 0.29) is 0 Å². The largest absolute Gasteiger partial charge is 0.307 e. The van der Waals surface area contributed by atoms with E-state index in [1.165, 1.54) is 30.4 Å². The molecule has 0 heterocycles. The first-order chi connectivity index (χ1) is 8.72. The van der Waals surface area contributed by atoms with E-state index in [1.807, 2.05) is 12.1 Å². The van der Waals surface area contributed by atoms with Gasteiger partial charge in [0.05, 0.1) is 16.1 Å². The summed E-state index contributed by atoms with van der Waals surface area (Å²) in [5.41, 5.74) is 2.70. The van der Waals surface area contributed by atoms with E-state index in [0.717, 1.165) is 13.0 Å². The van der Waals surface area contributed by atoms with Crippen LogP contribution in [0.4, 0.5) is 0 Å². The Hall–Kier alpha value is -0.500. The molecular weight excluding hydrogens is 265 g/mol. The summed E-state index contributed by atoms with van der Waals surface area (Å²) in [4.78, 5) is 0. The van der Waals surface area contributed by atoms with E-state index in [9.17, 15) is 0 Å². The van der Waals surface area contributed by atoms with Crippen molar-refractivity contribution in [3.8, 4) is 0 Å². The Bertz CT molecular complexity index is 440. The van der Waals surface area contributed by atoms with Crippen molar-refractivity contribution in [1.82, 2.24) is 5.32 Å². The van der Waals surface area contributed by atoms with Crippen LogP contribution in [0.3, 0.4) is 0 Å². The summed E-state index contributed by atoms with van der Waals surface area (Å²) in [6.07, 6.45) is 7.13. The molecule has 0 bridgehead atoms. The van der Waals surface area contributed by atoms with Crippen molar-refractivity contribution in [3.05, 3.63) is 45.5 Å². The lowest BCUT2D eigenvalue weighted by molar-refractivity contribution is 0.578. The molecule has 0 aliphatic heterocycles. The third-order valence-corrected chi connectivity index (χ3v) is 4.06. The predicted octanol–water partition coefficient (Wildman–Crippen LogP) is 5.14. The van der Waals surface area contributed by atoms with Crippen LogP contribution in [-0.2, 0) is 0 Å². The smallest absolute Gasteiger partial charge is 0.0595 e. The van der Waals surface area contributed by atoms with Crippen molar-refractivity contribution in [3.63, 3.8) is 0 Å². The molecule has 18 heavy (non-hydrogen) atoms. The maximum atomic E-state index is 6.12. The molecule has 0 saturated carbocycles. The fourth-order valence-electron chi connectivity index (χ4n) is 2.40. The van der Waals surface area contributed by atoms with E-state index in [1.54, 1.807) is 0 Å². The first-order valence-corrected chi connectivity index (χ1v) is 7.35. The molecule has 2 rings (SSSR count). The van der Waals surface area contributed by atoms with E-state index >= 15 is 0 Å². The molecule has 0 aromatic heterocycles. The van der Waals surface area contributed by atoms with Gasteiger partial charge in [0.15, 0.2) is 0 Å². The van der Waals surface area contributed by atoms with Gasteiger partial charge in [-0.05, 0) is 49.9 Å².